The molecule has 1 saturated carbocycles. The molecule has 4 rings (SSSR count). The molecule has 1 aromatic carbocycles. The fraction of sp³-hybridized carbons (Fsp3) is 0.333. The number of amides is 1. The van der Waals surface area contributed by atoms with E-state index < -0.39 is 0 Å². The number of nitrogens with one attached hydrogen (secondary N) is 1. The van der Waals surface area contributed by atoms with Crippen LogP contribution < -0.4 is 15.6 Å². The number of rotatable bonds is 7. The molecule has 1 fully saturated rings. The second-order valence-corrected chi connectivity index (χ2v) is 8.08. The predicted octanol–water partition coefficient (Wildman–Crippen LogP) is 3.22. The minimum atomic E-state index is -0.299. The van der Waals surface area contributed by atoms with Crippen molar-refractivity contribution < 1.29 is 9.53 Å². The van der Waals surface area contributed by atoms with Gasteiger partial charge in [0, 0.05) is 25.4 Å². The van der Waals surface area contributed by atoms with Crippen LogP contribution in [0.3, 0.4) is 0 Å². The predicted molar refractivity (Wildman–Crippen MR) is 115 cm³/mol. The van der Waals surface area contributed by atoms with Gasteiger partial charge in [-0.2, -0.15) is 0 Å². The van der Waals surface area contributed by atoms with Crippen LogP contribution in [0.5, 0.6) is 5.75 Å². The molecule has 0 saturated heterocycles. The van der Waals surface area contributed by atoms with Gasteiger partial charge in [0.25, 0.3) is 11.5 Å². The van der Waals surface area contributed by atoms with Crippen LogP contribution in [0.1, 0.15) is 24.1 Å². The number of ether oxygens (including phenoxy) is 1. The summed E-state index contributed by atoms with van der Waals surface area (Å²) in [5, 5.41) is 3.91. The standard InChI is InChI=1S/C21H20Cl2N4O3/c1-24-19(28)11-30-18-8-14-6-13(7-16-15(22)9-25-21(23)26-16)4-5-17(14)27(20(18)29)10-12-2-3-12/h4-6,8-9,12H,2-3,7,10-11H2,1H3,(H,24,28). The van der Waals surface area contributed by atoms with Crippen molar-refractivity contribution in [2.75, 3.05) is 13.7 Å². The largest absolute Gasteiger partial charge is 0.478 e. The van der Waals surface area contributed by atoms with Gasteiger partial charge in [-0.15, -0.1) is 0 Å². The first kappa shape index (κ1) is 20.6. The number of hydrogen-bond acceptors (Lipinski definition) is 5. The second kappa shape index (κ2) is 8.62. The summed E-state index contributed by atoms with van der Waals surface area (Å²) in [5.74, 6) is 0.362. The molecule has 0 bridgehead atoms. The molecule has 3 aromatic rings. The van der Waals surface area contributed by atoms with Gasteiger partial charge in [0.15, 0.2) is 12.4 Å². The van der Waals surface area contributed by atoms with Crippen LogP contribution in [0.15, 0.2) is 35.3 Å². The summed E-state index contributed by atoms with van der Waals surface area (Å²) < 4.78 is 7.27. The van der Waals surface area contributed by atoms with Crippen LogP contribution in [0.25, 0.3) is 10.9 Å². The Hall–Kier alpha value is -2.64. The maximum atomic E-state index is 13.0. The quantitative estimate of drug-likeness (QED) is 0.563. The van der Waals surface area contributed by atoms with Crippen molar-refractivity contribution in [2.24, 2.45) is 5.92 Å². The lowest BCUT2D eigenvalue weighted by Gasteiger charge is -2.14. The first-order chi connectivity index (χ1) is 14.4. The molecule has 1 amide bonds. The molecule has 30 heavy (non-hydrogen) atoms. The second-order valence-electron chi connectivity index (χ2n) is 7.33. The topological polar surface area (TPSA) is 86.1 Å². The van der Waals surface area contributed by atoms with Gasteiger partial charge < -0.3 is 14.6 Å². The van der Waals surface area contributed by atoms with Gasteiger partial charge in [-0.1, -0.05) is 17.7 Å². The molecular weight excluding hydrogens is 427 g/mol. The highest BCUT2D eigenvalue weighted by atomic mass is 35.5. The Morgan fingerprint density at radius 1 is 1.30 bits per heavy atom. The normalized spacial score (nSPS) is 13.4. The molecule has 0 unspecified atom stereocenters. The van der Waals surface area contributed by atoms with Gasteiger partial charge in [-0.3, -0.25) is 9.59 Å². The van der Waals surface area contributed by atoms with E-state index in [-0.39, 0.29) is 29.1 Å². The van der Waals surface area contributed by atoms with E-state index in [2.05, 4.69) is 15.3 Å². The van der Waals surface area contributed by atoms with Crippen molar-refractivity contribution in [3.63, 3.8) is 0 Å². The Labute approximate surface area is 183 Å². The van der Waals surface area contributed by atoms with E-state index in [1.807, 2.05) is 18.2 Å². The number of pyridine rings is 1. The summed E-state index contributed by atoms with van der Waals surface area (Å²) in [6.45, 7) is 0.425. The molecule has 0 atom stereocenters. The number of nitrogens with zero attached hydrogens (tertiary/aromatic N) is 3. The van der Waals surface area contributed by atoms with E-state index in [0.29, 0.717) is 29.6 Å². The smallest absolute Gasteiger partial charge is 0.293 e. The third kappa shape index (κ3) is 4.57. The van der Waals surface area contributed by atoms with E-state index in [0.717, 1.165) is 29.3 Å². The summed E-state index contributed by atoms with van der Waals surface area (Å²) in [7, 11) is 1.52. The molecule has 2 heterocycles. The maximum Gasteiger partial charge on any atom is 0.293 e. The summed E-state index contributed by atoms with van der Waals surface area (Å²) in [5.41, 5.74) is 2.18. The Bertz CT molecular complexity index is 1170. The van der Waals surface area contributed by atoms with Crippen molar-refractivity contribution in [1.29, 1.82) is 0 Å². The lowest BCUT2D eigenvalue weighted by molar-refractivity contribution is -0.122. The van der Waals surface area contributed by atoms with E-state index in [1.54, 1.807) is 10.6 Å². The van der Waals surface area contributed by atoms with Crippen molar-refractivity contribution in [3.05, 3.63) is 62.4 Å². The molecule has 2 aromatic heterocycles. The SMILES string of the molecule is CNC(=O)COc1cc2cc(Cc3nc(Cl)ncc3Cl)ccc2n(CC2CC2)c1=O. The number of fused-ring (bicyclic) bond motifs is 1. The van der Waals surface area contributed by atoms with Gasteiger partial charge in [0.2, 0.25) is 5.28 Å². The number of aromatic nitrogens is 3. The Morgan fingerprint density at radius 3 is 2.83 bits per heavy atom. The van der Waals surface area contributed by atoms with Gasteiger partial charge >= 0.3 is 0 Å². The van der Waals surface area contributed by atoms with E-state index in [4.69, 9.17) is 27.9 Å². The summed E-state index contributed by atoms with van der Waals surface area (Å²) in [4.78, 5) is 32.6. The van der Waals surface area contributed by atoms with Gasteiger partial charge in [-0.05, 0) is 54.1 Å². The minimum Gasteiger partial charge on any atom is -0.478 e. The monoisotopic (exact) mass is 446 g/mol. The summed E-state index contributed by atoms with van der Waals surface area (Å²) >= 11 is 12.1. The van der Waals surface area contributed by atoms with E-state index in [9.17, 15) is 9.59 Å². The number of hydrogen-bond donors (Lipinski definition) is 1. The fourth-order valence-corrected chi connectivity index (χ4v) is 3.58. The van der Waals surface area contributed by atoms with E-state index in [1.165, 1.54) is 13.2 Å². The Morgan fingerprint density at radius 2 is 2.10 bits per heavy atom. The van der Waals surface area contributed by atoms with Crippen LogP contribution in [-0.2, 0) is 17.8 Å². The number of likely N-dealkylation sites (N-methyl/N-ethyl adjacent to an activating group) is 1. The molecule has 1 N–H and O–H groups in total. The average Bonchev–Trinajstić information content (AvgIpc) is 3.55. The van der Waals surface area contributed by atoms with Crippen molar-refractivity contribution in [2.45, 2.75) is 25.8 Å². The zero-order valence-electron chi connectivity index (χ0n) is 16.3. The van der Waals surface area contributed by atoms with Gasteiger partial charge in [0.05, 0.1) is 22.4 Å². The molecular formula is C21H20Cl2N4O3. The molecule has 156 valence electrons. The zero-order chi connectivity index (χ0) is 21.3. The third-order valence-corrected chi connectivity index (χ3v) is 5.56. The number of halogens is 2. The third-order valence-electron chi connectivity index (χ3n) is 5.06. The number of carbonyl (C=O) groups is 1. The van der Waals surface area contributed by atoms with E-state index >= 15 is 0 Å². The first-order valence-electron chi connectivity index (χ1n) is 9.61. The van der Waals surface area contributed by atoms with Crippen LogP contribution >= 0.6 is 23.2 Å². The molecule has 1 aliphatic carbocycles. The molecule has 0 radical (unpaired) electrons. The highest BCUT2D eigenvalue weighted by Gasteiger charge is 2.24. The van der Waals surface area contributed by atoms with Crippen molar-refractivity contribution in [3.8, 4) is 5.75 Å². The van der Waals surface area contributed by atoms with Crippen LogP contribution in [0, 0.1) is 5.92 Å². The summed E-state index contributed by atoms with van der Waals surface area (Å²) in [6.07, 6.45) is 4.17. The van der Waals surface area contributed by atoms with Gasteiger partial charge in [-0.25, -0.2) is 9.97 Å². The minimum absolute atomic E-state index is 0.137. The summed E-state index contributed by atoms with van der Waals surface area (Å²) in [6, 6.07) is 7.52. The molecule has 7 nitrogen and oxygen atoms in total. The van der Waals surface area contributed by atoms with Crippen LogP contribution in [0.2, 0.25) is 10.3 Å². The first-order valence-corrected chi connectivity index (χ1v) is 10.4. The highest BCUT2D eigenvalue weighted by molar-refractivity contribution is 6.32. The number of benzene rings is 1. The van der Waals surface area contributed by atoms with Gasteiger partial charge in [0.1, 0.15) is 0 Å². The number of carbonyl (C=O) groups excluding carboxylic acids is 1. The lowest BCUT2D eigenvalue weighted by Crippen LogP contribution is -2.28. The van der Waals surface area contributed by atoms with Crippen molar-refractivity contribution >= 4 is 40.0 Å². The Balaban J connectivity index is 1.73. The Kier molecular flexibility index (Phi) is 5.92. The molecule has 1 aliphatic rings. The molecule has 9 heteroatoms. The van der Waals surface area contributed by atoms with Crippen LogP contribution in [0.4, 0.5) is 0 Å². The highest BCUT2D eigenvalue weighted by Crippen LogP contribution is 2.32. The maximum absolute atomic E-state index is 13.0. The fourth-order valence-electron chi connectivity index (χ4n) is 3.27. The van der Waals surface area contributed by atoms with Crippen molar-refractivity contribution in [1.82, 2.24) is 19.9 Å². The lowest BCUT2D eigenvalue weighted by atomic mass is 10.1. The average molecular weight is 447 g/mol. The van der Waals surface area contributed by atoms with Crippen LogP contribution in [-0.4, -0.2) is 34.1 Å². The molecule has 0 spiro atoms. The molecule has 0 aliphatic heterocycles. The zero-order valence-corrected chi connectivity index (χ0v) is 17.8.